The Hall–Kier alpha value is -5.89. The molecule has 0 aliphatic rings. The molecule has 0 unspecified atom stereocenters. The fourth-order valence-corrected chi connectivity index (χ4v) is 16.3. The van der Waals surface area contributed by atoms with Gasteiger partial charge in [0.2, 0.25) is 0 Å². The van der Waals surface area contributed by atoms with Crippen LogP contribution < -0.4 is 40.7 Å². The van der Waals surface area contributed by atoms with Crippen LogP contribution in [0.4, 0.5) is 22.7 Å². The molecule has 0 bridgehead atoms. The van der Waals surface area contributed by atoms with Gasteiger partial charge in [0.25, 0.3) is 0 Å². The van der Waals surface area contributed by atoms with Crippen LogP contribution in [-0.2, 0) is 21.7 Å². The van der Waals surface area contributed by atoms with E-state index in [1.165, 1.54) is 88.0 Å². The molecule has 63 heavy (non-hydrogen) atoms. The van der Waals surface area contributed by atoms with Gasteiger partial charge in [-0.3, -0.25) is 0 Å². The van der Waals surface area contributed by atoms with Gasteiger partial charge in [-0.2, -0.15) is 0 Å². The van der Waals surface area contributed by atoms with Crippen LogP contribution in [0.1, 0.15) is 44.5 Å². The Morgan fingerprint density at radius 2 is 0.381 bits per heavy atom. The molecular formula is C56H60N4Si2Ti. The smallest absolute Gasteiger partial charge is 0.326 e. The van der Waals surface area contributed by atoms with E-state index in [-0.39, 0.29) is 21.7 Å². The predicted molar refractivity (Wildman–Crippen MR) is 274 cm³/mol. The Morgan fingerprint density at radius 3 is 0.540 bits per heavy atom. The van der Waals surface area contributed by atoms with Crippen molar-refractivity contribution in [3.63, 3.8) is 0 Å². The standard InChI is InChI=1S/2C28H30N2Si.Ti/c2*1-21-13-11-14-22(2)27(21)29-31(25-17-7-5-8-18-25,26-19-9-6-10-20-26)30-28-23(3)15-12-16-24(28)4;/h2*5-20,29-30H,1-4H3;. The number of rotatable bonds is 12. The van der Waals surface area contributed by atoms with Gasteiger partial charge >= 0.3 is 16.8 Å². The molecule has 8 rings (SSSR count). The van der Waals surface area contributed by atoms with Gasteiger partial charge in [0, 0.05) is 44.5 Å². The van der Waals surface area contributed by atoms with Crippen molar-refractivity contribution >= 4 is 60.3 Å². The van der Waals surface area contributed by atoms with Crippen LogP contribution in [-0.4, -0.2) is 16.8 Å². The molecule has 0 aliphatic heterocycles. The van der Waals surface area contributed by atoms with Gasteiger partial charge in [0.15, 0.2) is 0 Å². The molecule has 0 aromatic heterocycles. The van der Waals surface area contributed by atoms with E-state index in [1.54, 1.807) is 0 Å². The molecule has 0 fully saturated rings. The summed E-state index contributed by atoms with van der Waals surface area (Å²) in [4.78, 5) is 16.4. The maximum absolute atomic E-state index is 4.09. The second-order valence-corrected chi connectivity index (χ2v) is 22.8. The Balaban J connectivity index is 0.000000206. The average molecular weight is 893 g/mol. The second kappa shape index (κ2) is 21.0. The van der Waals surface area contributed by atoms with Crippen molar-refractivity contribution in [2.45, 2.75) is 55.4 Å². The fraction of sp³-hybridized carbons (Fsp3) is 0.143. The first-order chi connectivity index (χ1) is 30.0. The number of hydrogen-bond acceptors (Lipinski definition) is 4. The Kier molecular flexibility index (Phi) is 15.5. The third-order valence-corrected chi connectivity index (χ3v) is 19.3. The van der Waals surface area contributed by atoms with Gasteiger partial charge in [-0.25, -0.2) is 0 Å². The number of nitrogens with one attached hydrogen (secondary N) is 4. The molecule has 7 heteroatoms. The zero-order valence-corrected chi connectivity index (χ0v) is 41.5. The first-order valence-electron chi connectivity index (χ1n) is 21.6. The molecule has 0 atom stereocenters. The van der Waals surface area contributed by atoms with Crippen LogP contribution in [0, 0.1) is 55.4 Å². The number of anilines is 4. The summed E-state index contributed by atoms with van der Waals surface area (Å²) < 4.78 is 0. The van der Waals surface area contributed by atoms with E-state index >= 15 is 0 Å². The summed E-state index contributed by atoms with van der Waals surface area (Å²) in [5.41, 5.74) is 14.9. The molecule has 0 aliphatic carbocycles. The molecule has 0 amide bonds. The molecule has 316 valence electrons. The van der Waals surface area contributed by atoms with Crippen LogP contribution in [0.3, 0.4) is 0 Å². The molecule has 0 saturated carbocycles. The molecule has 4 nitrogen and oxygen atoms in total. The fourth-order valence-electron chi connectivity index (χ4n) is 8.52. The van der Waals surface area contributed by atoms with Crippen LogP contribution in [0.2, 0.25) is 0 Å². The van der Waals surface area contributed by atoms with E-state index in [4.69, 9.17) is 0 Å². The Bertz CT molecular complexity index is 2270. The summed E-state index contributed by atoms with van der Waals surface area (Å²) in [5.74, 6) is 0. The van der Waals surface area contributed by atoms with Crippen molar-refractivity contribution in [3.8, 4) is 0 Å². The molecule has 0 heterocycles. The van der Waals surface area contributed by atoms with E-state index in [0.717, 1.165) is 0 Å². The van der Waals surface area contributed by atoms with E-state index in [1.807, 2.05) is 0 Å². The van der Waals surface area contributed by atoms with Gasteiger partial charge < -0.3 is 19.9 Å². The Morgan fingerprint density at radius 1 is 0.222 bits per heavy atom. The number of benzene rings is 8. The van der Waals surface area contributed by atoms with Crippen LogP contribution in [0.5, 0.6) is 0 Å². The number of hydrogen-bond donors (Lipinski definition) is 4. The van der Waals surface area contributed by atoms with Gasteiger partial charge in [-0.05, 0) is 121 Å². The van der Waals surface area contributed by atoms with Crippen molar-refractivity contribution in [3.05, 3.63) is 239 Å². The largest absolute Gasteiger partial charge is 0.387 e. The molecule has 0 saturated heterocycles. The first-order valence-corrected chi connectivity index (χ1v) is 25.6. The van der Waals surface area contributed by atoms with Gasteiger partial charge in [-0.1, -0.05) is 194 Å². The molecule has 8 aromatic rings. The minimum absolute atomic E-state index is 0. The van der Waals surface area contributed by atoms with Gasteiger partial charge in [-0.15, -0.1) is 0 Å². The maximum atomic E-state index is 4.09. The maximum Gasteiger partial charge on any atom is 0.326 e. The molecule has 4 N–H and O–H groups in total. The zero-order chi connectivity index (χ0) is 43.7. The normalized spacial score (nSPS) is 11.0. The van der Waals surface area contributed by atoms with Crippen molar-refractivity contribution in [1.82, 2.24) is 0 Å². The number of para-hydroxylation sites is 4. The van der Waals surface area contributed by atoms with Crippen molar-refractivity contribution < 1.29 is 21.7 Å². The summed E-state index contributed by atoms with van der Waals surface area (Å²) in [5, 5.41) is 5.19. The summed E-state index contributed by atoms with van der Waals surface area (Å²) >= 11 is 0. The van der Waals surface area contributed by atoms with Gasteiger partial charge in [0.1, 0.15) is 0 Å². The summed E-state index contributed by atoms with van der Waals surface area (Å²) in [6.07, 6.45) is 0. The van der Waals surface area contributed by atoms with Crippen LogP contribution in [0.25, 0.3) is 0 Å². The van der Waals surface area contributed by atoms with E-state index in [2.05, 4.69) is 269 Å². The third kappa shape index (κ3) is 10.3. The quantitative estimate of drug-likeness (QED) is 0.0923. The summed E-state index contributed by atoms with van der Waals surface area (Å²) in [7, 11) is -5.31. The minimum Gasteiger partial charge on any atom is -0.387 e. The SMILES string of the molecule is Cc1cccc(C)c1N[Si](Nc1c(C)cccc1C)(c1ccccc1)c1ccccc1.Cc1cccc(C)c1N[Si](Nc1c(C)cccc1C)(c1ccccc1)c1ccccc1.[Ti]. The van der Waals surface area contributed by atoms with Crippen molar-refractivity contribution in [2.24, 2.45) is 0 Å². The van der Waals surface area contributed by atoms with E-state index < -0.39 is 16.8 Å². The number of aryl methyl sites for hydroxylation is 8. The van der Waals surface area contributed by atoms with E-state index in [0.29, 0.717) is 0 Å². The third-order valence-electron chi connectivity index (χ3n) is 12.0. The zero-order valence-electron chi connectivity index (χ0n) is 38.0. The van der Waals surface area contributed by atoms with Gasteiger partial charge in [0.05, 0.1) is 0 Å². The molecule has 0 radical (unpaired) electrons. The topological polar surface area (TPSA) is 48.1 Å². The van der Waals surface area contributed by atoms with Crippen molar-refractivity contribution in [2.75, 3.05) is 19.9 Å². The average Bonchev–Trinajstić information content (AvgIpc) is 3.29. The Labute approximate surface area is 393 Å². The predicted octanol–water partition coefficient (Wildman–Crippen LogP) is 11.4. The summed E-state index contributed by atoms with van der Waals surface area (Å²) in [6.45, 7) is 17.5. The monoisotopic (exact) mass is 892 g/mol. The van der Waals surface area contributed by atoms with Crippen LogP contribution in [0.15, 0.2) is 194 Å². The minimum atomic E-state index is -2.65. The summed E-state index contributed by atoms with van der Waals surface area (Å²) in [6, 6.07) is 69.4. The molecule has 0 spiro atoms. The van der Waals surface area contributed by atoms with Crippen molar-refractivity contribution in [1.29, 1.82) is 0 Å². The first kappa shape index (κ1) is 46.6. The second-order valence-electron chi connectivity index (χ2n) is 16.5. The van der Waals surface area contributed by atoms with Crippen LogP contribution >= 0.6 is 0 Å². The molecule has 8 aromatic carbocycles. The molecular weight excluding hydrogens is 833 g/mol. The van der Waals surface area contributed by atoms with E-state index in [9.17, 15) is 0 Å².